The summed E-state index contributed by atoms with van der Waals surface area (Å²) in [5.74, 6) is 2.29. The van der Waals surface area contributed by atoms with E-state index in [1.54, 1.807) is 18.3 Å². The monoisotopic (exact) mass is 894 g/mol. The SMILES string of the molecule is CSCCC1CCCc2c(cccc2Nc2ccc(C)c(-c3ncc(CS(=O)(=O)C4CCCCc5c(cccc5Nc5ccc(C)c(C6=CC=CC(F)=CCCC6)c5)C4)c(C)n3)c2)C1. The van der Waals surface area contributed by atoms with Crippen LogP contribution in [-0.2, 0) is 41.3 Å². The largest absolute Gasteiger partial charge is 0.355 e. The van der Waals surface area contributed by atoms with E-state index in [0.717, 1.165) is 90.2 Å². The highest BCUT2D eigenvalue weighted by Gasteiger charge is 2.30. The Morgan fingerprint density at radius 1 is 0.781 bits per heavy atom. The van der Waals surface area contributed by atoms with Gasteiger partial charge in [0.05, 0.1) is 11.0 Å². The predicted molar refractivity (Wildman–Crippen MR) is 269 cm³/mol. The molecule has 0 radical (unpaired) electrons. The van der Waals surface area contributed by atoms with Crippen molar-refractivity contribution >= 4 is 49.9 Å². The third-order valence-electron chi connectivity index (χ3n) is 13.6. The molecule has 0 saturated carbocycles. The number of hydrogen-bond donors (Lipinski definition) is 2. The van der Waals surface area contributed by atoms with Crippen LogP contribution in [0, 0.1) is 26.7 Å². The molecule has 1 heterocycles. The smallest absolute Gasteiger partial charge is 0.159 e. The number of nitrogens with zero attached hydrogens (tertiary/aromatic N) is 2. The second-order valence-electron chi connectivity index (χ2n) is 18.2. The minimum atomic E-state index is -3.54. The van der Waals surface area contributed by atoms with Gasteiger partial charge in [0.15, 0.2) is 15.7 Å². The fourth-order valence-corrected chi connectivity index (χ4v) is 12.4. The number of thioether (sulfide) groups is 1. The van der Waals surface area contributed by atoms with Crippen LogP contribution < -0.4 is 10.6 Å². The maximum Gasteiger partial charge on any atom is 0.159 e. The molecule has 0 aliphatic heterocycles. The van der Waals surface area contributed by atoms with Gasteiger partial charge in [-0.2, -0.15) is 11.8 Å². The van der Waals surface area contributed by atoms with Crippen molar-refractivity contribution in [2.75, 3.05) is 22.6 Å². The van der Waals surface area contributed by atoms with E-state index in [1.807, 2.05) is 30.8 Å². The maximum atomic E-state index is 14.4. The summed E-state index contributed by atoms with van der Waals surface area (Å²) >= 11 is 1.94. The Hall–Kier alpha value is -4.99. The van der Waals surface area contributed by atoms with E-state index in [1.165, 1.54) is 64.6 Å². The molecule has 5 aromatic rings. The van der Waals surface area contributed by atoms with Crippen molar-refractivity contribution in [2.24, 2.45) is 5.92 Å². The van der Waals surface area contributed by atoms with E-state index in [-0.39, 0.29) is 11.6 Å². The van der Waals surface area contributed by atoms with Crippen molar-refractivity contribution in [2.45, 2.75) is 115 Å². The Kier molecular flexibility index (Phi) is 14.9. The molecule has 0 bridgehead atoms. The Balaban J connectivity index is 0.971. The number of nitrogens with one attached hydrogen (secondary N) is 2. The lowest BCUT2D eigenvalue weighted by atomic mass is 9.91. The summed E-state index contributed by atoms with van der Waals surface area (Å²) in [6, 6.07) is 25.7. The fourth-order valence-electron chi connectivity index (χ4n) is 9.88. The molecule has 6 nitrogen and oxygen atoms in total. The lowest BCUT2D eigenvalue weighted by Crippen LogP contribution is -2.27. The van der Waals surface area contributed by atoms with E-state index >= 15 is 0 Å². The van der Waals surface area contributed by atoms with Crippen LogP contribution in [0.1, 0.15) is 108 Å². The molecule has 8 rings (SSSR count). The number of hydrogen-bond acceptors (Lipinski definition) is 7. The molecule has 1 aromatic heterocycles. The van der Waals surface area contributed by atoms with Gasteiger partial charge in [-0.05, 0) is 209 Å². The summed E-state index contributed by atoms with van der Waals surface area (Å²) in [4.78, 5) is 9.74. The molecule has 3 aliphatic rings. The second kappa shape index (κ2) is 20.9. The number of allylic oxidation sites excluding steroid dienone is 6. The van der Waals surface area contributed by atoms with Crippen molar-refractivity contribution in [1.29, 1.82) is 0 Å². The van der Waals surface area contributed by atoms with Crippen molar-refractivity contribution in [3.63, 3.8) is 0 Å². The van der Waals surface area contributed by atoms with Crippen LogP contribution in [0.5, 0.6) is 0 Å². The van der Waals surface area contributed by atoms with Crippen molar-refractivity contribution < 1.29 is 12.8 Å². The number of benzene rings is 4. The van der Waals surface area contributed by atoms with Gasteiger partial charge in [-0.25, -0.2) is 22.8 Å². The molecule has 0 spiro atoms. The first kappa shape index (κ1) is 45.6. The molecule has 0 fully saturated rings. The molecule has 3 aliphatic carbocycles. The molecule has 2 unspecified atom stereocenters. The standard InChI is InChI=1S/C55H63FN4O2S2/c1-37-25-27-46(33-51(37)41-14-5-6-18-45(56)19-10-15-41)59-53-24-12-17-43-32-48(20-7-8-21-49(43)53)64(61,62)36-44-35-57-55(58-39(44)3)52-34-47(28-26-38(52)2)60-54-23-11-16-42-31-40(29-30-63-4)13-9-22-50(42)54/h10-12,15-19,23-28,33-35,40,48,59-60H,5-9,13-14,20-22,29-32,36H2,1-4H3. The van der Waals surface area contributed by atoms with Gasteiger partial charge in [0.25, 0.3) is 0 Å². The molecule has 2 atom stereocenters. The van der Waals surface area contributed by atoms with Gasteiger partial charge < -0.3 is 10.6 Å². The minimum absolute atomic E-state index is 0.0885. The zero-order valence-electron chi connectivity index (χ0n) is 38.0. The topological polar surface area (TPSA) is 84.0 Å². The summed E-state index contributed by atoms with van der Waals surface area (Å²) < 4.78 is 42.7. The molecule has 0 saturated heterocycles. The van der Waals surface area contributed by atoms with Crippen molar-refractivity contribution in [3.05, 3.63) is 159 Å². The Morgan fingerprint density at radius 2 is 1.47 bits per heavy atom. The second-order valence-corrected chi connectivity index (χ2v) is 21.4. The number of halogens is 1. The van der Waals surface area contributed by atoms with Gasteiger partial charge in [0, 0.05) is 45.8 Å². The highest BCUT2D eigenvalue weighted by atomic mass is 32.2. The van der Waals surface area contributed by atoms with Gasteiger partial charge in [-0.1, -0.05) is 55.0 Å². The molecular weight excluding hydrogens is 832 g/mol. The average molecular weight is 895 g/mol. The summed E-state index contributed by atoms with van der Waals surface area (Å²) in [6.45, 7) is 6.10. The first-order valence-corrected chi connectivity index (χ1v) is 26.4. The van der Waals surface area contributed by atoms with Crippen LogP contribution in [0.25, 0.3) is 17.0 Å². The summed E-state index contributed by atoms with van der Waals surface area (Å²) in [6.07, 6.45) is 23.1. The number of aryl methyl sites for hydroxylation is 3. The molecule has 334 valence electrons. The number of rotatable bonds is 12. The molecule has 2 N–H and O–H groups in total. The first-order valence-electron chi connectivity index (χ1n) is 23.3. The third kappa shape index (κ3) is 11.1. The highest BCUT2D eigenvalue weighted by Crippen LogP contribution is 2.36. The molecular formula is C55H63FN4O2S2. The number of fused-ring (bicyclic) bond motifs is 2. The van der Waals surface area contributed by atoms with Crippen LogP contribution in [0.2, 0.25) is 0 Å². The fraction of sp³-hybridized carbons (Fsp3) is 0.382. The molecule has 64 heavy (non-hydrogen) atoms. The average Bonchev–Trinajstić information content (AvgIpc) is 3.41. The number of aromatic nitrogens is 2. The van der Waals surface area contributed by atoms with Gasteiger partial charge in [-0.15, -0.1) is 0 Å². The van der Waals surface area contributed by atoms with Crippen LogP contribution >= 0.6 is 11.8 Å². The molecule has 0 amide bonds. The summed E-state index contributed by atoms with van der Waals surface area (Å²) in [5, 5.41) is 6.95. The highest BCUT2D eigenvalue weighted by molar-refractivity contribution is 7.98. The van der Waals surface area contributed by atoms with Crippen LogP contribution in [0.3, 0.4) is 0 Å². The van der Waals surface area contributed by atoms with Gasteiger partial charge in [0.2, 0.25) is 0 Å². The van der Waals surface area contributed by atoms with E-state index < -0.39 is 15.1 Å². The lowest BCUT2D eigenvalue weighted by Gasteiger charge is -2.25. The van der Waals surface area contributed by atoms with E-state index in [9.17, 15) is 12.8 Å². The van der Waals surface area contributed by atoms with Gasteiger partial charge >= 0.3 is 0 Å². The zero-order chi connectivity index (χ0) is 44.6. The van der Waals surface area contributed by atoms with Crippen molar-refractivity contribution in [1.82, 2.24) is 9.97 Å². The predicted octanol–water partition coefficient (Wildman–Crippen LogP) is 14.0. The Morgan fingerprint density at radius 3 is 2.19 bits per heavy atom. The number of anilines is 4. The van der Waals surface area contributed by atoms with E-state index in [0.29, 0.717) is 36.3 Å². The normalized spacial score (nSPS) is 18.1. The van der Waals surface area contributed by atoms with Crippen LogP contribution in [-0.4, -0.2) is 35.6 Å². The van der Waals surface area contributed by atoms with Crippen LogP contribution in [0.4, 0.5) is 27.1 Å². The molecule has 9 heteroatoms. The van der Waals surface area contributed by atoms with Crippen LogP contribution in [0.15, 0.2) is 109 Å². The third-order valence-corrected chi connectivity index (χ3v) is 16.4. The lowest BCUT2D eigenvalue weighted by molar-refractivity contribution is 0.470. The van der Waals surface area contributed by atoms with Gasteiger partial charge in [0.1, 0.15) is 5.83 Å². The van der Waals surface area contributed by atoms with E-state index in [4.69, 9.17) is 9.97 Å². The number of sulfone groups is 1. The Bertz CT molecular complexity index is 2690. The summed E-state index contributed by atoms with van der Waals surface area (Å²) in [7, 11) is -3.54. The van der Waals surface area contributed by atoms with Gasteiger partial charge in [-0.3, -0.25) is 0 Å². The van der Waals surface area contributed by atoms with E-state index in [2.05, 4.69) is 97.5 Å². The zero-order valence-corrected chi connectivity index (χ0v) is 39.6. The Labute approximate surface area is 385 Å². The first-order chi connectivity index (χ1) is 31.0. The minimum Gasteiger partial charge on any atom is -0.355 e. The van der Waals surface area contributed by atoms with Crippen molar-refractivity contribution in [3.8, 4) is 11.4 Å². The maximum absolute atomic E-state index is 14.4. The quantitative estimate of drug-likeness (QED) is 0.121. The summed E-state index contributed by atoms with van der Waals surface area (Å²) in [5.41, 5.74) is 16.2. The molecule has 4 aromatic carbocycles.